The van der Waals surface area contributed by atoms with Crippen LogP contribution in [0.15, 0.2) is 83.3 Å². The first-order valence-corrected chi connectivity index (χ1v) is 9.26. The predicted octanol–water partition coefficient (Wildman–Crippen LogP) is 5.05. The molecule has 0 fully saturated rings. The molecule has 1 heterocycles. The van der Waals surface area contributed by atoms with E-state index in [2.05, 4.69) is 15.5 Å². The second kappa shape index (κ2) is 8.39. The van der Waals surface area contributed by atoms with Gasteiger partial charge in [0.1, 0.15) is 5.75 Å². The van der Waals surface area contributed by atoms with E-state index in [4.69, 9.17) is 9.15 Å². The molecule has 0 aliphatic heterocycles. The highest BCUT2D eigenvalue weighted by molar-refractivity contribution is 6.04. The number of aromatic nitrogens is 2. The van der Waals surface area contributed by atoms with Crippen molar-refractivity contribution in [3.8, 4) is 28.7 Å². The van der Waals surface area contributed by atoms with Crippen LogP contribution in [-0.2, 0) is 0 Å². The van der Waals surface area contributed by atoms with E-state index < -0.39 is 0 Å². The molecule has 1 aromatic heterocycles. The van der Waals surface area contributed by atoms with Crippen LogP contribution in [0.1, 0.15) is 17.3 Å². The van der Waals surface area contributed by atoms with Gasteiger partial charge in [-0.2, -0.15) is 0 Å². The van der Waals surface area contributed by atoms with E-state index in [0.29, 0.717) is 35.4 Å². The summed E-state index contributed by atoms with van der Waals surface area (Å²) in [7, 11) is 0. The van der Waals surface area contributed by atoms with Crippen LogP contribution in [0.3, 0.4) is 0 Å². The molecule has 0 aliphatic rings. The van der Waals surface area contributed by atoms with Crippen LogP contribution in [0.4, 0.5) is 5.69 Å². The predicted molar refractivity (Wildman–Crippen MR) is 111 cm³/mol. The lowest BCUT2D eigenvalue weighted by atomic mass is 10.1. The molecule has 4 aromatic rings. The summed E-state index contributed by atoms with van der Waals surface area (Å²) in [6.07, 6.45) is 0. The molecule has 0 aliphatic carbocycles. The van der Waals surface area contributed by atoms with E-state index in [0.717, 1.165) is 11.1 Å². The van der Waals surface area contributed by atoms with Gasteiger partial charge in [-0.25, -0.2) is 0 Å². The number of amides is 1. The fourth-order valence-electron chi connectivity index (χ4n) is 2.86. The number of nitrogens with one attached hydrogen (secondary N) is 1. The van der Waals surface area contributed by atoms with Crippen molar-refractivity contribution in [3.63, 3.8) is 0 Å². The Morgan fingerprint density at radius 3 is 2.41 bits per heavy atom. The van der Waals surface area contributed by atoms with Crippen molar-refractivity contribution >= 4 is 11.6 Å². The van der Waals surface area contributed by atoms with E-state index >= 15 is 0 Å². The van der Waals surface area contributed by atoms with Gasteiger partial charge in [0.15, 0.2) is 0 Å². The van der Waals surface area contributed by atoms with E-state index in [9.17, 15) is 4.79 Å². The smallest absolute Gasteiger partial charge is 0.255 e. The monoisotopic (exact) mass is 385 g/mol. The Kier molecular flexibility index (Phi) is 5.33. The summed E-state index contributed by atoms with van der Waals surface area (Å²) in [5, 5.41) is 11.1. The highest BCUT2D eigenvalue weighted by atomic mass is 16.5. The first kappa shape index (κ1) is 18.4. The van der Waals surface area contributed by atoms with Crippen molar-refractivity contribution in [2.45, 2.75) is 6.92 Å². The lowest BCUT2D eigenvalue weighted by Crippen LogP contribution is -2.12. The van der Waals surface area contributed by atoms with Crippen LogP contribution in [0.2, 0.25) is 0 Å². The summed E-state index contributed by atoms with van der Waals surface area (Å²) in [5.41, 5.74) is 2.73. The molecule has 0 atom stereocenters. The van der Waals surface area contributed by atoms with Crippen LogP contribution < -0.4 is 10.1 Å². The topological polar surface area (TPSA) is 77.2 Å². The highest BCUT2D eigenvalue weighted by Gasteiger charge is 2.12. The van der Waals surface area contributed by atoms with Gasteiger partial charge in [-0.05, 0) is 55.5 Å². The second-order valence-electron chi connectivity index (χ2n) is 6.27. The third kappa shape index (κ3) is 4.32. The van der Waals surface area contributed by atoms with Crippen molar-refractivity contribution in [2.24, 2.45) is 0 Å². The zero-order valence-electron chi connectivity index (χ0n) is 15.8. The molecule has 29 heavy (non-hydrogen) atoms. The fraction of sp³-hybridized carbons (Fsp3) is 0.0870. The summed E-state index contributed by atoms with van der Waals surface area (Å²) >= 11 is 0. The molecule has 0 spiro atoms. The average molecular weight is 385 g/mol. The molecular weight excluding hydrogens is 366 g/mol. The summed E-state index contributed by atoms with van der Waals surface area (Å²) < 4.78 is 11.2. The maximum Gasteiger partial charge on any atom is 0.255 e. The maximum absolute atomic E-state index is 12.6. The van der Waals surface area contributed by atoms with E-state index in [1.807, 2.05) is 61.5 Å². The van der Waals surface area contributed by atoms with Gasteiger partial charge < -0.3 is 14.5 Å². The molecule has 4 rings (SSSR count). The highest BCUT2D eigenvalue weighted by Crippen LogP contribution is 2.26. The van der Waals surface area contributed by atoms with Gasteiger partial charge in [0.05, 0.1) is 6.61 Å². The molecule has 1 amide bonds. The van der Waals surface area contributed by atoms with Gasteiger partial charge >= 0.3 is 0 Å². The minimum Gasteiger partial charge on any atom is -0.494 e. The Morgan fingerprint density at radius 1 is 0.897 bits per heavy atom. The van der Waals surface area contributed by atoms with Crippen molar-refractivity contribution in [1.82, 2.24) is 10.2 Å². The number of anilines is 1. The standard InChI is InChI=1S/C23H19N3O3/c1-2-28-20-13-7-10-17(15-20)21(27)24-19-12-6-11-18(14-19)23-26-25-22(29-23)16-8-4-3-5-9-16/h3-15H,2H2,1H3,(H,24,27). The quantitative estimate of drug-likeness (QED) is 0.502. The summed E-state index contributed by atoms with van der Waals surface area (Å²) in [4.78, 5) is 12.6. The third-order valence-corrected chi connectivity index (χ3v) is 4.22. The molecule has 144 valence electrons. The molecule has 6 heteroatoms. The molecule has 0 saturated carbocycles. The van der Waals surface area contributed by atoms with Gasteiger partial charge in [-0.1, -0.05) is 30.3 Å². The number of benzene rings is 3. The van der Waals surface area contributed by atoms with Crippen molar-refractivity contribution in [1.29, 1.82) is 0 Å². The number of hydrogen-bond acceptors (Lipinski definition) is 5. The SMILES string of the molecule is CCOc1cccc(C(=O)Nc2cccc(-c3nnc(-c4ccccc4)o3)c2)c1. The summed E-state index contributed by atoms with van der Waals surface area (Å²) in [6.45, 7) is 2.45. The molecule has 0 radical (unpaired) electrons. The fourth-order valence-corrected chi connectivity index (χ4v) is 2.86. The van der Waals surface area contributed by atoms with Crippen molar-refractivity contribution in [3.05, 3.63) is 84.4 Å². The van der Waals surface area contributed by atoms with Gasteiger partial charge in [0.2, 0.25) is 11.8 Å². The van der Waals surface area contributed by atoms with E-state index in [-0.39, 0.29) is 5.91 Å². The number of ether oxygens (including phenoxy) is 1. The second-order valence-corrected chi connectivity index (χ2v) is 6.27. The Balaban J connectivity index is 1.53. The number of hydrogen-bond donors (Lipinski definition) is 1. The van der Waals surface area contributed by atoms with E-state index in [1.165, 1.54) is 0 Å². The Hall–Kier alpha value is -3.93. The lowest BCUT2D eigenvalue weighted by Gasteiger charge is -2.08. The molecule has 0 unspecified atom stereocenters. The van der Waals surface area contributed by atoms with Gasteiger partial charge in [-0.3, -0.25) is 4.79 Å². The summed E-state index contributed by atoms with van der Waals surface area (Å²) in [6, 6.07) is 23.9. The maximum atomic E-state index is 12.6. The van der Waals surface area contributed by atoms with Gasteiger partial charge in [0.25, 0.3) is 5.91 Å². The Morgan fingerprint density at radius 2 is 1.62 bits per heavy atom. The Labute approximate surface area is 168 Å². The molecule has 0 bridgehead atoms. The normalized spacial score (nSPS) is 10.5. The minimum absolute atomic E-state index is 0.223. The van der Waals surface area contributed by atoms with Crippen LogP contribution >= 0.6 is 0 Å². The first-order valence-electron chi connectivity index (χ1n) is 9.26. The van der Waals surface area contributed by atoms with Crippen LogP contribution in [-0.4, -0.2) is 22.7 Å². The molecular formula is C23H19N3O3. The summed E-state index contributed by atoms with van der Waals surface area (Å²) in [5.74, 6) is 1.27. The molecule has 6 nitrogen and oxygen atoms in total. The molecule has 3 aromatic carbocycles. The number of carbonyl (C=O) groups excluding carboxylic acids is 1. The molecule has 1 N–H and O–H groups in total. The zero-order chi connectivity index (χ0) is 20.1. The zero-order valence-corrected chi connectivity index (χ0v) is 15.8. The van der Waals surface area contributed by atoms with Gasteiger partial charge in [0, 0.05) is 22.4 Å². The van der Waals surface area contributed by atoms with Crippen LogP contribution in [0.25, 0.3) is 22.9 Å². The van der Waals surface area contributed by atoms with Crippen LogP contribution in [0.5, 0.6) is 5.75 Å². The Bertz CT molecular complexity index is 1120. The average Bonchev–Trinajstić information content (AvgIpc) is 3.25. The number of carbonyl (C=O) groups is 1. The minimum atomic E-state index is -0.223. The van der Waals surface area contributed by atoms with Crippen molar-refractivity contribution < 1.29 is 13.9 Å². The largest absolute Gasteiger partial charge is 0.494 e. The third-order valence-electron chi connectivity index (χ3n) is 4.22. The lowest BCUT2D eigenvalue weighted by molar-refractivity contribution is 0.102. The molecule has 0 saturated heterocycles. The first-order chi connectivity index (χ1) is 14.2. The van der Waals surface area contributed by atoms with Crippen LogP contribution in [0, 0.1) is 0 Å². The number of nitrogens with zero attached hydrogens (tertiary/aromatic N) is 2. The van der Waals surface area contributed by atoms with E-state index in [1.54, 1.807) is 24.3 Å². The van der Waals surface area contributed by atoms with Crippen molar-refractivity contribution in [2.75, 3.05) is 11.9 Å². The number of rotatable bonds is 6. The van der Waals surface area contributed by atoms with Gasteiger partial charge in [-0.15, -0.1) is 10.2 Å².